The van der Waals surface area contributed by atoms with Crippen LogP contribution in [0.3, 0.4) is 0 Å². The molecule has 0 saturated carbocycles. The molecule has 0 aliphatic carbocycles. The summed E-state index contributed by atoms with van der Waals surface area (Å²) in [5, 5.41) is 10.4. The highest BCUT2D eigenvalue weighted by Gasteiger charge is 2.01. The first-order valence-electron chi connectivity index (χ1n) is 7.81. The molecule has 0 atom stereocenters. The van der Waals surface area contributed by atoms with Crippen molar-refractivity contribution in [3.8, 4) is 0 Å². The number of aromatic nitrogens is 3. The number of nitrogens with two attached hydrogens (primary N) is 1. The smallest absolute Gasteiger partial charge is 0.260 e. The molecule has 0 bridgehead atoms. The van der Waals surface area contributed by atoms with E-state index in [9.17, 15) is 9.90 Å². The van der Waals surface area contributed by atoms with Crippen LogP contribution >= 0.6 is 0 Å². The van der Waals surface area contributed by atoms with Crippen LogP contribution in [0.4, 0.5) is 0 Å². The van der Waals surface area contributed by atoms with Gasteiger partial charge in [-0.15, -0.1) is 0 Å². The molecule has 130 valence electrons. The lowest BCUT2D eigenvalue weighted by atomic mass is 10.2. The van der Waals surface area contributed by atoms with Crippen molar-refractivity contribution >= 4 is 12.3 Å². The van der Waals surface area contributed by atoms with Crippen LogP contribution in [-0.2, 0) is 13.2 Å². The van der Waals surface area contributed by atoms with Crippen molar-refractivity contribution in [1.82, 2.24) is 14.5 Å². The molecule has 0 unspecified atom stereocenters. The van der Waals surface area contributed by atoms with E-state index in [1.165, 1.54) is 6.20 Å². The second kappa shape index (κ2) is 8.65. The molecule has 6 heteroatoms. The minimum atomic E-state index is -0.200. The fraction of sp³-hybridized carbons (Fsp3) is 0.158. The molecule has 4 N–H and O–H groups in total. The maximum Gasteiger partial charge on any atom is 0.260 e. The molecule has 0 aliphatic heterocycles. The highest BCUT2D eigenvalue weighted by Crippen LogP contribution is 1.98. The predicted molar refractivity (Wildman–Crippen MR) is 99.2 cm³/mol. The molecule has 2 aromatic heterocycles. The van der Waals surface area contributed by atoms with Crippen molar-refractivity contribution in [1.29, 1.82) is 0 Å². The summed E-state index contributed by atoms with van der Waals surface area (Å²) in [6.45, 7) is 5.71. The minimum Gasteiger partial charge on any atom is -0.404 e. The van der Waals surface area contributed by atoms with Gasteiger partial charge in [0, 0.05) is 30.5 Å². The number of nitrogens with zero attached hydrogens (tertiary/aromatic N) is 2. The molecule has 6 nitrogen and oxygen atoms in total. The number of allylic oxidation sites excluding steroid dienone is 1. The first-order chi connectivity index (χ1) is 12.1. The first-order valence-corrected chi connectivity index (χ1v) is 7.81. The summed E-state index contributed by atoms with van der Waals surface area (Å²) in [5.41, 5.74) is 7.58. The molecule has 0 spiro atoms. The topological polar surface area (TPSA) is 96.9 Å². The van der Waals surface area contributed by atoms with Crippen molar-refractivity contribution in [2.75, 3.05) is 0 Å². The average molecular weight is 338 g/mol. The number of rotatable bonds is 4. The Hall–Kier alpha value is -3.12. The number of aliphatic hydroxyl groups is 1. The van der Waals surface area contributed by atoms with Gasteiger partial charge in [0.2, 0.25) is 0 Å². The van der Waals surface area contributed by atoms with Crippen LogP contribution in [-0.4, -0.2) is 19.6 Å². The largest absolute Gasteiger partial charge is 0.404 e. The van der Waals surface area contributed by atoms with E-state index in [1.807, 2.05) is 19.1 Å². The lowest BCUT2D eigenvalue weighted by Gasteiger charge is -2.04. The summed E-state index contributed by atoms with van der Waals surface area (Å²) in [4.78, 5) is 20.1. The fourth-order valence-corrected chi connectivity index (χ4v) is 2.34. The molecule has 2 heterocycles. The zero-order chi connectivity index (χ0) is 18.2. The van der Waals surface area contributed by atoms with Gasteiger partial charge in [0.25, 0.3) is 5.56 Å². The first kappa shape index (κ1) is 18.2. The van der Waals surface area contributed by atoms with E-state index in [-0.39, 0.29) is 18.7 Å². The van der Waals surface area contributed by atoms with Crippen molar-refractivity contribution < 1.29 is 5.11 Å². The highest BCUT2D eigenvalue weighted by molar-refractivity contribution is 5.37. The Morgan fingerprint density at radius 3 is 2.84 bits per heavy atom. The van der Waals surface area contributed by atoms with Gasteiger partial charge in [0.15, 0.2) is 0 Å². The number of hydrogen-bond donors (Lipinski definition) is 3. The molecule has 0 aromatic carbocycles. The lowest BCUT2D eigenvalue weighted by Crippen LogP contribution is -2.45. The summed E-state index contributed by atoms with van der Waals surface area (Å²) in [5.74, 6) is 0. The van der Waals surface area contributed by atoms with Gasteiger partial charge in [-0.3, -0.25) is 9.78 Å². The molecule has 0 saturated heterocycles. The highest BCUT2D eigenvalue weighted by atomic mass is 16.3. The van der Waals surface area contributed by atoms with E-state index < -0.39 is 0 Å². The van der Waals surface area contributed by atoms with E-state index in [1.54, 1.807) is 41.4 Å². The Morgan fingerprint density at radius 1 is 1.36 bits per heavy atom. The molecule has 2 rings (SSSR count). The molecule has 2 aromatic rings. The summed E-state index contributed by atoms with van der Waals surface area (Å²) < 4.78 is 1.54. The van der Waals surface area contributed by atoms with Crippen LogP contribution in [0.5, 0.6) is 0 Å². The van der Waals surface area contributed by atoms with E-state index in [4.69, 9.17) is 5.73 Å². The van der Waals surface area contributed by atoms with Gasteiger partial charge in [-0.05, 0) is 29.8 Å². The normalized spacial score (nSPS) is 12.1. The summed E-state index contributed by atoms with van der Waals surface area (Å²) in [7, 11) is 0. The Kier molecular flexibility index (Phi) is 6.31. The molecule has 25 heavy (non-hydrogen) atoms. The van der Waals surface area contributed by atoms with Gasteiger partial charge < -0.3 is 20.4 Å². The van der Waals surface area contributed by atoms with E-state index in [0.717, 1.165) is 16.5 Å². The number of nitrogens with one attached hydrogen (secondary N) is 1. The zero-order valence-electron chi connectivity index (χ0n) is 14.1. The van der Waals surface area contributed by atoms with Crippen LogP contribution in [0.15, 0.2) is 54.2 Å². The summed E-state index contributed by atoms with van der Waals surface area (Å²) in [6.07, 6.45) is 9.75. The van der Waals surface area contributed by atoms with Gasteiger partial charge in [-0.1, -0.05) is 24.8 Å². The Bertz CT molecular complexity index is 985. The van der Waals surface area contributed by atoms with Gasteiger partial charge >= 0.3 is 0 Å². The second-order valence-corrected chi connectivity index (χ2v) is 5.45. The Balaban J connectivity index is 2.56. The van der Waals surface area contributed by atoms with Crippen LogP contribution in [0.25, 0.3) is 12.3 Å². The lowest BCUT2D eigenvalue weighted by molar-refractivity contribution is 0.281. The van der Waals surface area contributed by atoms with Crippen LogP contribution in [0.1, 0.15) is 17.0 Å². The van der Waals surface area contributed by atoms with Crippen LogP contribution in [0.2, 0.25) is 0 Å². The SMILES string of the molecule is C=C/C=c1/ccn(Cc2c[nH]cc(CO)ccc(C)n2)c(=O)/c1=C/N. The number of aromatic amines is 1. The molecular formula is C19H22N4O2. The number of pyridine rings is 1. The Morgan fingerprint density at radius 2 is 2.16 bits per heavy atom. The number of hydrogen-bond acceptors (Lipinski definition) is 4. The third-order valence-electron chi connectivity index (χ3n) is 3.59. The van der Waals surface area contributed by atoms with Gasteiger partial charge in [0.1, 0.15) is 0 Å². The molecule has 0 aliphatic rings. The number of H-pyrrole nitrogens is 1. The molecular weight excluding hydrogens is 316 g/mol. The molecule has 0 radical (unpaired) electrons. The molecule has 0 fully saturated rings. The van der Waals surface area contributed by atoms with Gasteiger partial charge in [-0.25, -0.2) is 0 Å². The maximum atomic E-state index is 12.6. The van der Waals surface area contributed by atoms with Crippen molar-refractivity contribution in [2.45, 2.75) is 20.1 Å². The molecule has 0 amide bonds. The third-order valence-corrected chi connectivity index (χ3v) is 3.59. The standard InChI is InChI=1S/C19H22N4O2/c1-3-4-16-7-8-23(19(25)18(16)9-20)12-17-11-21-10-15(13-24)6-5-14(2)22-17/h3-11,21,24H,1,12-13,20H2,2H3/b6-5?,15-10?,16-4-,17-11?,18-9+,22-14?. The van der Waals surface area contributed by atoms with Crippen molar-refractivity contribution in [3.63, 3.8) is 0 Å². The quantitative estimate of drug-likeness (QED) is 0.742. The third kappa shape index (κ3) is 4.68. The van der Waals surface area contributed by atoms with Crippen LogP contribution in [0, 0.1) is 6.92 Å². The Labute approximate surface area is 145 Å². The number of aliphatic hydroxyl groups excluding tert-OH is 1. The van der Waals surface area contributed by atoms with Crippen LogP contribution < -0.4 is 21.7 Å². The monoisotopic (exact) mass is 338 g/mol. The zero-order valence-corrected chi connectivity index (χ0v) is 14.1. The van der Waals surface area contributed by atoms with Gasteiger partial charge in [-0.2, -0.15) is 0 Å². The maximum absolute atomic E-state index is 12.6. The minimum absolute atomic E-state index is 0.0730. The average Bonchev–Trinajstić information content (AvgIpc) is 2.68. The predicted octanol–water partition coefficient (Wildman–Crippen LogP) is 0.208. The summed E-state index contributed by atoms with van der Waals surface area (Å²) in [6, 6.07) is 5.41. The van der Waals surface area contributed by atoms with Crippen molar-refractivity contribution in [3.05, 3.63) is 87.2 Å². The van der Waals surface area contributed by atoms with E-state index in [2.05, 4.69) is 16.5 Å². The fourth-order valence-electron chi connectivity index (χ4n) is 2.34. The second-order valence-electron chi connectivity index (χ2n) is 5.45. The number of aryl methyl sites for hydroxylation is 1. The van der Waals surface area contributed by atoms with E-state index in [0.29, 0.717) is 10.9 Å². The van der Waals surface area contributed by atoms with E-state index >= 15 is 0 Å². The van der Waals surface area contributed by atoms with Crippen molar-refractivity contribution in [2.24, 2.45) is 5.73 Å². The summed E-state index contributed by atoms with van der Waals surface area (Å²) >= 11 is 0. The van der Waals surface area contributed by atoms with Gasteiger partial charge in [0.05, 0.1) is 24.1 Å².